The van der Waals surface area contributed by atoms with Gasteiger partial charge in [0.2, 0.25) is 0 Å². The van der Waals surface area contributed by atoms with Crippen LogP contribution in [0.25, 0.3) is 5.69 Å². The molecule has 0 amide bonds. The summed E-state index contributed by atoms with van der Waals surface area (Å²) in [6.07, 6.45) is 8.68. The summed E-state index contributed by atoms with van der Waals surface area (Å²) in [4.78, 5) is 0. The van der Waals surface area contributed by atoms with Gasteiger partial charge in [0.15, 0.2) is 0 Å². The van der Waals surface area contributed by atoms with Crippen molar-refractivity contribution in [1.29, 1.82) is 0 Å². The van der Waals surface area contributed by atoms with Crippen LogP contribution >= 0.6 is 0 Å². The fourth-order valence-corrected chi connectivity index (χ4v) is 2.26. The number of unbranched alkanes of at least 4 members (excludes halogenated alkanes) is 1. The van der Waals surface area contributed by atoms with Crippen molar-refractivity contribution in [2.45, 2.75) is 45.6 Å². The van der Waals surface area contributed by atoms with Crippen molar-refractivity contribution in [3.63, 3.8) is 0 Å². The maximum Gasteiger partial charge on any atom is 0.0876 e. The van der Waals surface area contributed by atoms with Gasteiger partial charge in [-0.3, -0.25) is 0 Å². The van der Waals surface area contributed by atoms with Crippen LogP contribution in [0.5, 0.6) is 0 Å². The Labute approximate surface area is 115 Å². The number of nitrogens with zero attached hydrogens (tertiary/aromatic N) is 2. The fourth-order valence-electron chi connectivity index (χ4n) is 2.26. The normalized spacial score (nSPS) is 12.3. The molecule has 1 unspecified atom stereocenters. The smallest absolute Gasteiger partial charge is 0.0876 e. The van der Waals surface area contributed by atoms with Gasteiger partial charge in [-0.1, -0.05) is 38.8 Å². The van der Waals surface area contributed by atoms with Gasteiger partial charge in [-0.2, -0.15) is 5.10 Å². The molecule has 0 saturated heterocycles. The number of aromatic nitrogens is 2. The van der Waals surface area contributed by atoms with Crippen molar-refractivity contribution < 1.29 is 0 Å². The van der Waals surface area contributed by atoms with E-state index in [0.717, 1.165) is 17.8 Å². The van der Waals surface area contributed by atoms with E-state index in [1.807, 2.05) is 23.1 Å². The Morgan fingerprint density at radius 1 is 1.21 bits per heavy atom. The van der Waals surface area contributed by atoms with Crippen molar-refractivity contribution in [3.8, 4) is 5.69 Å². The molecule has 1 heterocycles. The molecule has 0 aliphatic heterocycles. The standard InChI is InChI=1S/C16H23N3/c1-3-5-9-14(4-2)18-15-10-6-7-11-16(15)19-13-8-12-17-19/h6-8,10-14,18H,3-5,9H2,1-2H3. The molecule has 0 radical (unpaired) electrons. The molecule has 1 aromatic carbocycles. The lowest BCUT2D eigenvalue weighted by Crippen LogP contribution is -2.19. The first kappa shape index (κ1) is 13.7. The van der Waals surface area contributed by atoms with Gasteiger partial charge >= 0.3 is 0 Å². The molecule has 1 N–H and O–H groups in total. The highest BCUT2D eigenvalue weighted by atomic mass is 15.3. The van der Waals surface area contributed by atoms with E-state index in [-0.39, 0.29) is 0 Å². The van der Waals surface area contributed by atoms with E-state index < -0.39 is 0 Å². The Balaban J connectivity index is 2.15. The lowest BCUT2D eigenvalue weighted by atomic mass is 10.1. The number of para-hydroxylation sites is 2. The third-order valence-electron chi connectivity index (χ3n) is 3.41. The Hall–Kier alpha value is -1.77. The van der Waals surface area contributed by atoms with Crippen LogP contribution in [0.15, 0.2) is 42.7 Å². The topological polar surface area (TPSA) is 29.9 Å². The van der Waals surface area contributed by atoms with Gasteiger partial charge in [0.25, 0.3) is 0 Å². The average molecular weight is 257 g/mol. The van der Waals surface area contributed by atoms with Crippen molar-refractivity contribution in [3.05, 3.63) is 42.7 Å². The molecule has 0 saturated carbocycles. The summed E-state index contributed by atoms with van der Waals surface area (Å²) in [7, 11) is 0. The second-order valence-electron chi connectivity index (χ2n) is 4.86. The highest BCUT2D eigenvalue weighted by Crippen LogP contribution is 2.21. The summed E-state index contributed by atoms with van der Waals surface area (Å²) in [6, 6.07) is 10.8. The second-order valence-corrected chi connectivity index (χ2v) is 4.86. The lowest BCUT2D eigenvalue weighted by molar-refractivity contribution is 0.593. The molecule has 19 heavy (non-hydrogen) atoms. The minimum absolute atomic E-state index is 0.539. The molecular formula is C16H23N3. The van der Waals surface area contributed by atoms with E-state index in [4.69, 9.17) is 0 Å². The van der Waals surface area contributed by atoms with E-state index in [1.54, 1.807) is 0 Å². The van der Waals surface area contributed by atoms with Crippen LogP contribution in [-0.2, 0) is 0 Å². The molecule has 3 heteroatoms. The van der Waals surface area contributed by atoms with Crippen molar-refractivity contribution >= 4 is 5.69 Å². The lowest BCUT2D eigenvalue weighted by Gasteiger charge is -2.20. The molecule has 1 atom stereocenters. The van der Waals surface area contributed by atoms with Gasteiger partial charge in [0.05, 0.1) is 11.4 Å². The van der Waals surface area contributed by atoms with Crippen LogP contribution in [0.1, 0.15) is 39.5 Å². The largest absolute Gasteiger partial charge is 0.381 e. The zero-order valence-corrected chi connectivity index (χ0v) is 11.8. The zero-order chi connectivity index (χ0) is 13.5. The van der Waals surface area contributed by atoms with Crippen LogP contribution in [0.4, 0.5) is 5.69 Å². The second kappa shape index (κ2) is 6.98. The summed E-state index contributed by atoms with van der Waals surface area (Å²) in [5.74, 6) is 0. The van der Waals surface area contributed by atoms with Gasteiger partial charge < -0.3 is 5.32 Å². The molecule has 102 valence electrons. The number of anilines is 1. The molecular weight excluding hydrogens is 234 g/mol. The molecule has 0 aliphatic carbocycles. The first-order chi connectivity index (χ1) is 9.35. The quantitative estimate of drug-likeness (QED) is 0.803. The highest BCUT2D eigenvalue weighted by molar-refractivity contribution is 5.61. The molecule has 2 rings (SSSR count). The number of hydrogen-bond donors (Lipinski definition) is 1. The monoisotopic (exact) mass is 257 g/mol. The van der Waals surface area contributed by atoms with Crippen molar-refractivity contribution in [2.24, 2.45) is 0 Å². The van der Waals surface area contributed by atoms with E-state index in [1.165, 1.54) is 19.3 Å². The van der Waals surface area contributed by atoms with Crippen LogP contribution in [0.3, 0.4) is 0 Å². The fraction of sp³-hybridized carbons (Fsp3) is 0.438. The van der Waals surface area contributed by atoms with E-state index in [9.17, 15) is 0 Å². The number of hydrogen-bond acceptors (Lipinski definition) is 2. The molecule has 3 nitrogen and oxygen atoms in total. The van der Waals surface area contributed by atoms with Crippen LogP contribution in [-0.4, -0.2) is 15.8 Å². The summed E-state index contributed by atoms with van der Waals surface area (Å²) in [5.41, 5.74) is 2.27. The molecule has 2 aromatic rings. The van der Waals surface area contributed by atoms with Gasteiger partial charge in [-0.15, -0.1) is 0 Å². The SMILES string of the molecule is CCCCC(CC)Nc1ccccc1-n1cccn1. The number of nitrogens with one attached hydrogen (secondary N) is 1. The third-order valence-corrected chi connectivity index (χ3v) is 3.41. The predicted molar refractivity (Wildman–Crippen MR) is 80.8 cm³/mol. The minimum atomic E-state index is 0.539. The zero-order valence-electron chi connectivity index (χ0n) is 11.8. The summed E-state index contributed by atoms with van der Waals surface area (Å²) < 4.78 is 1.91. The minimum Gasteiger partial charge on any atom is -0.381 e. The molecule has 0 spiro atoms. The van der Waals surface area contributed by atoms with Crippen LogP contribution in [0, 0.1) is 0 Å². The molecule has 0 bridgehead atoms. The highest BCUT2D eigenvalue weighted by Gasteiger charge is 2.09. The van der Waals surface area contributed by atoms with Gasteiger partial charge in [0, 0.05) is 18.4 Å². The van der Waals surface area contributed by atoms with Gasteiger partial charge in [-0.05, 0) is 31.0 Å². The first-order valence-corrected chi connectivity index (χ1v) is 7.20. The Bertz CT molecular complexity index is 476. The van der Waals surface area contributed by atoms with E-state index in [0.29, 0.717) is 6.04 Å². The van der Waals surface area contributed by atoms with Crippen molar-refractivity contribution in [1.82, 2.24) is 9.78 Å². The maximum atomic E-state index is 4.32. The van der Waals surface area contributed by atoms with Crippen LogP contribution in [0.2, 0.25) is 0 Å². The summed E-state index contributed by atoms with van der Waals surface area (Å²) in [5, 5.41) is 7.98. The third kappa shape index (κ3) is 3.60. The average Bonchev–Trinajstić information content (AvgIpc) is 2.98. The maximum absolute atomic E-state index is 4.32. The van der Waals surface area contributed by atoms with Crippen molar-refractivity contribution in [2.75, 3.05) is 5.32 Å². The Morgan fingerprint density at radius 2 is 2.05 bits per heavy atom. The Kier molecular flexibility index (Phi) is 5.01. The van der Waals surface area contributed by atoms with Gasteiger partial charge in [0.1, 0.15) is 0 Å². The molecule has 0 fully saturated rings. The Morgan fingerprint density at radius 3 is 2.74 bits per heavy atom. The van der Waals surface area contributed by atoms with Gasteiger partial charge in [-0.25, -0.2) is 4.68 Å². The molecule has 0 aliphatic rings. The number of rotatable bonds is 7. The first-order valence-electron chi connectivity index (χ1n) is 7.20. The van der Waals surface area contributed by atoms with Crippen LogP contribution < -0.4 is 5.32 Å². The van der Waals surface area contributed by atoms with E-state index >= 15 is 0 Å². The summed E-state index contributed by atoms with van der Waals surface area (Å²) in [6.45, 7) is 4.48. The van der Waals surface area contributed by atoms with E-state index in [2.05, 4.69) is 48.5 Å². The predicted octanol–water partition coefficient (Wildman–Crippen LogP) is 4.25. The molecule has 1 aromatic heterocycles. The number of benzene rings is 1. The summed E-state index contributed by atoms with van der Waals surface area (Å²) >= 11 is 0.